The maximum Gasteiger partial charge on any atom is 0.316 e. The Hall–Kier alpha value is -3.14. The van der Waals surface area contributed by atoms with Crippen LogP contribution in [0.1, 0.15) is 21.2 Å². The number of carbonyl (C=O) groups is 2. The van der Waals surface area contributed by atoms with Gasteiger partial charge in [-0.3, -0.25) is 14.6 Å². The van der Waals surface area contributed by atoms with Crippen molar-refractivity contribution in [1.82, 2.24) is 30.7 Å². The van der Waals surface area contributed by atoms with Gasteiger partial charge in [0.15, 0.2) is 0 Å². The molecule has 0 bridgehead atoms. The molecule has 0 saturated heterocycles. The molecule has 0 spiro atoms. The van der Waals surface area contributed by atoms with Crippen molar-refractivity contribution in [1.29, 1.82) is 0 Å². The highest BCUT2D eigenvalue weighted by atomic mass is 32.1. The fraction of sp³-hybridized carbons (Fsp3) is 0.143. The van der Waals surface area contributed by atoms with Crippen LogP contribution in [0.4, 0.5) is 0 Å². The van der Waals surface area contributed by atoms with E-state index in [1.54, 1.807) is 0 Å². The van der Waals surface area contributed by atoms with Crippen molar-refractivity contribution in [2.24, 2.45) is 0 Å². The first-order valence-corrected chi connectivity index (χ1v) is 7.82. The molecule has 0 aliphatic heterocycles. The lowest BCUT2D eigenvalue weighted by molar-refractivity contribution is 0.0897. The van der Waals surface area contributed by atoms with E-state index in [4.69, 9.17) is 4.52 Å². The van der Waals surface area contributed by atoms with E-state index in [0.717, 1.165) is 4.88 Å². The van der Waals surface area contributed by atoms with Crippen LogP contribution >= 0.6 is 11.3 Å². The lowest BCUT2D eigenvalue weighted by Crippen LogP contribution is -2.35. The molecule has 2 N–H and O–H groups in total. The molecule has 3 aromatic heterocycles. The second kappa shape index (κ2) is 7.42. The molecule has 10 heteroatoms. The molecular weight excluding hydrogens is 332 g/mol. The highest BCUT2D eigenvalue weighted by Gasteiger charge is 2.16. The number of hydrogen-bond donors (Lipinski definition) is 2. The van der Waals surface area contributed by atoms with Gasteiger partial charge in [-0.1, -0.05) is 11.2 Å². The van der Waals surface area contributed by atoms with Crippen LogP contribution in [0.2, 0.25) is 0 Å². The molecule has 0 aromatic carbocycles. The van der Waals surface area contributed by atoms with E-state index in [2.05, 4.69) is 30.7 Å². The summed E-state index contributed by atoms with van der Waals surface area (Å²) in [6.45, 7) is 0.439. The van der Waals surface area contributed by atoms with E-state index in [-0.39, 0.29) is 30.6 Å². The van der Waals surface area contributed by atoms with Crippen molar-refractivity contribution in [3.8, 4) is 10.7 Å². The Labute approximate surface area is 140 Å². The minimum Gasteiger partial charge on any atom is -0.349 e. The van der Waals surface area contributed by atoms with E-state index in [1.165, 1.54) is 29.9 Å². The molecule has 0 unspecified atom stereocenters. The van der Waals surface area contributed by atoms with Crippen LogP contribution < -0.4 is 10.6 Å². The molecule has 24 heavy (non-hydrogen) atoms. The molecule has 0 fully saturated rings. The molecule has 122 valence electrons. The van der Waals surface area contributed by atoms with Crippen LogP contribution in [0.5, 0.6) is 0 Å². The van der Waals surface area contributed by atoms with Gasteiger partial charge < -0.3 is 15.2 Å². The summed E-state index contributed by atoms with van der Waals surface area (Å²) in [7, 11) is 0. The normalized spacial score (nSPS) is 10.3. The third-order valence-corrected chi connectivity index (χ3v) is 3.72. The summed E-state index contributed by atoms with van der Waals surface area (Å²) in [6.07, 6.45) is 4.27. The maximum absolute atomic E-state index is 11.9. The van der Waals surface area contributed by atoms with Crippen LogP contribution in [0.15, 0.2) is 40.6 Å². The molecule has 2 amide bonds. The summed E-state index contributed by atoms with van der Waals surface area (Å²) in [5.74, 6) is -0.626. The van der Waals surface area contributed by atoms with Crippen LogP contribution in [-0.4, -0.2) is 45.0 Å². The highest BCUT2D eigenvalue weighted by molar-refractivity contribution is 7.13. The standard InChI is InChI=1S/C14H12N6O3S/c21-12(9-8-15-3-4-16-9)17-5-6-18-13(22)14-19-11(20-23-14)10-2-1-7-24-10/h1-4,7-8H,5-6H2,(H,17,21)(H,18,22). The molecule has 0 aliphatic rings. The first-order chi connectivity index (χ1) is 11.7. The molecular formula is C14H12N6O3S. The van der Waals surface area contributed by atoms with Crippen LogP contribution in [0.25, 0.3) is 10.7 Å². The third-order valence-electron chi connectivity index (χ3n) is 2.85. The number of thiophene rings is 1. The van der Waals surface area contributed by atoms with Gasteiger partial charge in [0.25, 0.3) is 5.91 Å². The maximum atomic E-state index is 11.9. The van der Waals surface area contributed by atoms with Crippen LogP contribution in [0, 0.1) is 0 Å². The van der Waals surface area contributed by atoms with E-state index >= 15 is 0 Å². The molecule has 3 heterocycles. The zero-order chi connectivity index (χ0) is 16.8. The van der Waals surface area contributed by atoms with Gasteiger partial charge in [0.2, 0.25) is 5.82 Å². The Morgan fingerprint density at radius 2 is 2.00 bits per heavy atom. The average molecular weight is 344 g/mol. The van der Waals surface area contributed by atoms with Gasteiger partial charge in [-0.25, -0.2) is 4.98 Å². The molecule has 3 rings (SSSR count). The van der Waals surface area contributed by atoms with Crippen molar-refractivity contribution in [3.63, 3.8) is 0 Å². The molecule has 0 atom stereocenters. The summed E-state index contributed by atoms with van der Waals surface area (Å²) in [5, 5.41) is 10.8. The Morgan fingerprint density at radius 3 is 2.71 bits per heavy atom. The van der Waals surface area contributed by atoms with Gasteiger partial charge >= 0.3 is 11.8 Å². The second-order valence-corrected chi connectivity index (χ2v) is 5.45. The minimum absolute atomic E-state index is 0.126. The highest BCUT2D eigenvalue weighted by Crippen LogP contribution is 2.21. The second-order valence-electron chi connectivity index (χ2n) is 4.50. The predicted molar refractivity (Wildman–Crippen MR) is 84.3 cm³/mol. The van der Waals surface area contributed by atoms with Gasteiger partial charge in [-0.2, -0.15) is 4.98 Å². The number of hydrogen-bond acceptors (Lipinski definition) is 8. The lowest BCUT2D eigenvalue weighted by atomic mass is 10.4. The third kappa shape index (κ3) is 3.79. The molecule has 9 nitrogen and oxygen atoms in total. The number of amides is 2. The smallest absolute Gasteiger partial charge is 0.316 e. The van der Waals surface area contributed by atoms with Crippen molar-refractivity contribution in [2.45, 2.75) is 0 Å². The summed E-state index contributed by atoms with van der Waals surface area (Å²) in [4.78, 5) is 36.2. The zero-order valence-electron chi connectivity index (χ0n) is 12.3. The largest absolute Gasteiger partial charge is 0.349 e. The zero-order valence-corrected chi connectivity index (χ0v) is 13.1. The monoisotopic (exact) mass is 344 g/mol. The first-order valence-electron chi connectivity index (χ1n) is 6.94. The molecule has 0 saturated carbocycles. The fourth-order valence-electron chi connectivity index (χ4n) is 1.76. The van der Waals surface area contributed by atoms with Gasteiger partial charge in [-0.05, 0) is 11.4 Å². The summed E-state index contributed by atoms with van der Waals surface area (Å²) in [6, 6.07) is 3.69. The fourth-order valence-corrected chi connectivity index (χ4v) is 2.41. The summed E-state index contributed by atoms with van der Waals surface area (Å²) >= 11 is 1.45. The summed E-state index contributed by atoms with van der Waals surface area (Å²) < 4.78 is 4.93. The minimum atomic E-state index is -0.501. The Morgan fingerprint density at radius 1 is 1.17 bits per heavy atom. The number of aromatic nitrogens is 4. The Bertz CT molecular complexity index is 818. The average Bonchev–Trinajstić information content (AvgIpc) is 3.30. The predicted octanol–water partition coefficient (Wildman–Crippen LogP) is 0.748. The SMILES string of the molecule is O=C(NCCNC(=O)c1nc(-c2cccs2)no1)c1cnccn1. The Kier molecular flexibility index (Phi) is 4.87. The van der Waals surface area contributed by atoms with E-state index < -0.39 is 5.91 Å². The van der Waals surface area contributed by atoms with Gasteiger partial charge in [0.1, 0.15) is 5.69 Å². The Balaban J connectivity index is 1.45. The molecule has 3 aromatic rings. The topological polar surface area (TPSA) is 123 Å². The van der Waals surface area contributed by atoms with Gasteiger partial charge in [0.05, 0.1) is 11.1 Å². The van der Waals surface area contributed by atoms with Crippen molar-refractivity contribution >= 4 is 23.2 Å². The number of nitrogens with zero attached hydrogens (tertiary/aromatic N) is 4. The van der Waals surface area contributed by atoms with Crippen molar-refractivity contribution < 1.29 is 14.1 Å². The molecule has 0 radical (unpaired) electrons. The van der Waals surface area contributed by atoms with E-state index in [0.29, 0.717) is 5.82 Å². The van der Waals surface area contributed by atoms with Gasteiger partial charge in [-0.15, -0.1) is 11.3 Å². The number of carbonyl (C=O) groups excluding carboxylic acids is 2. The van der Waals surface area contributed by atoms with Crippen LogP contribution in [-0.2, 0) is 0 Å². The van der Waals surface area contributed by atoms with Gasteiger partial charge in [0, 0.05) is 25.5 Å². The number of rotatable bonds is 6. The lowest BCUT2D eigenvalue weighted by Gasteiger charge is -2.04. The van der Waals surface area contributed by atoms with E-state index in [1.807, 2.05) is 17.5 Å². The summed E-state index contributed by atoms with van der Waals surface area (Å²) in [5.41, 5.74) is 0.210. The van der Waals surface area contributed by atoms with Crippen molar-refractivity contribution in [2.75, 3.05) is 13.1 Å². The quantitative estimate of drug-likeness (QED) is 0.632. The van der Waals surface area contributed by atoms with Crippen LogP contribution in [0.3, 0.4) is 0 Å². The van der Waals surface area contributed by atoms with Crippen molar-refractivity contribution in [3.05, 3.63) is 47.7 Å². The van der Waals surface area contributed by atoms with E-state index in [9.17, 15) is 9.59 Å². The number of nitrogens with one attached hydrogen (secondary N) is 2. The first kappa shape index (κ1) is 15.7. The molecule has 0 aliphatic carbocycles.